The molecule has 192 valence electrons. The smallest absolute Gasteiger partial charge is 0.142 e. The highest BCUT2D eigenvalue weighted by Crippen LogP contribution is 2.54. The molecule has 40 heavy (non-hydrogen) atoms. The number of rotatable bonds is 3. The molecule has 0 bridgehead atoms. The van der Waals surface area contributed by atoms with Crippen LogP contribution in [0, 0.1) is 5.92 Å². The molecule has 0 radical (unpaired) electrons. The Hall–Kier alpha value is -4.69. The van der Waals surface area contributed by atoms with Crippen LogP contribution in [-0.2, 0) is 5.41 Å². The van der Waals surface area contributed by atoms with Crippen molar-refractivity contribution in [2.75, 3.05) is 0 Å². The molecule has 2 heteroatoms. The molecule has 0 aliphatic heterocycles. The number of aromatic nitrogens is 1. The standard InChI is InChI=1S/C38H29NO/c1-38(2)34-17-8-7-13-27(34)28-19-18-25(22-35(28)38)40-37-31-15-6-5-14-30(31)36(33-23-39-21-20-32(33)37)29-16-9-11-24-10-3-4-12-26(24)29/h3-21,23,35H,22H2,1-2H3. The van der Waals surface area contributed by atoms with E-state index < -0.39 is 0 Å². The van der Waals surface area contributed by atoms with E-state index in [9.17, 15) is 0 Å². The summed E-state index contributed by atoms with van der Waals surface area (Å²) < 4.78 is 6.95. The first kappa shape index (κ1) is 23.2. The number of benzene rings is 5. The normalized spacial score (nSPS) is 17.4. The molecular formula is C38H29NO. The predicted molar refractivity (Wildman–Crippen MR) is 166 cm³/mol. The molecule has 6 aromatic rings. The maximum Gasteiger partial charge on any atom is 0.142 e. The molecule has 0 saturated carbocycles. The van der Waals surface area contributed by atoms with Gasteiger partial charge < -0.3 is 4.74 Å². The van der Waals surface area contributed by atoms with E-state index >= 15 is 0 Å². The largest absolute Gasteiger partial charge is 0.460 e. The maximum atomic E-state index is 6.95. The molecular weight excluding hydrogens is 486 g/mol. The van der Waals surface area contributed by atoms with Crippen molar-refractivity contribution in [1.29, 1.82) is 0 Å². The topological polar surface area (TPSA) is 22.1 Å². The van der Waals surface area contributed by atoms with Crippen molar-refractivity contribution in [3.05, 3.63) is 138 Å². The zero-order valence-electron chi connectivity index (χ0n) is 22.7. The van der Waals surface area contributed by atoms with Gasteiger partial charge in [0.1, 0.15) is 11.5 Å². The number of fused-ring (bicyclic) bond motifs is 6. The minimum absolute atomic E-state index is 0.0532. The maximum absolute atomic E-state index is 6.95. The Bertz CT molecular complexity index is 1980. The molecule has 2 aliphatic carbocycles. The van der Waals surface area contributed by atoms with Crippen LogP contribution < -0.4 is 4.74 Å². The molecule has 1 heterocycles. The summed E-state index contributed by atoms with van der Waals surface area (Å²) in [6, 6.07) is 34.8. The lowest BCUT2D eigenvalue weighted by Gasteiger charge is -2.31. The van der Waals surface area contributed by atoms with E-state index in [1.807, 2.05) is 12.4 Å². The average molecular weight is 516 g/mol. The van der Waals surface area contributed by atoms with Crippen molar-refractivity contribution in [2.24, 2.45) is 5.92 Å². The molecule has 1 aromatic heterocycles. The molecule has 5 aromatic carbocycles. The lowest BCUT2D eigenvalue weighted by atomic mass is 9.74. The summed E-state index contributed by atoms with van der Waals surface area (Å²) >= 11 is 0. The van der Waals surface area contributed by atoms with Gasteiger partial charge in [-0.25, -0.2) is 0 Å². The van der Waals surface area contributed by atoms with Crippen LogP contribution in [0.15, 0.2) is 127 Å². The average Bonchev–Trinajstić information content (AvgIpc) is 3.23. The van der Waals surface area contributed by atoms with Crippen LogP contribution in [0.2, 0.25) is 0 Å². The molecule has 1 unspecified atom stereocenters. The van der Waals surface area contributed by atoms with Gasteiger partial charge in [0.05, 0.1) is 0 Å². The van der Waals surface area contributed by atoms with E-state index in [1.54, 1.807) is 0 Å². The van der Waals surface area contributed by atoms with E-state index in [4.69, 9.17) is 4.74 Å². The van der Waals surface area contributed by atoms with Gasteiger partial charge in [0.2, 0.25) is 0 Å². The van der Waals surface area contributed by atoms with Gasteiger partial charge in [-0.3, -0.25) is 4.98 Å². The van der Waals surface area contributed by atoms with Gasteiger partial charge in [0.25, 0.3) is 0 Å². The van der Waals surface area contributed by atoms with Gasteiger partial charge in [-0.2, -0.15) is 0 Å². The van der Waals surface area contributed by atoms with E-state index in [0.29, 0.717) is 5.92 Å². The first-order valence-corrected chi connectivity index (χ1v) is 14.1. The monoisotopic (exact) mass is 515 g/mol. The molecule has 0 saturated heterocycles. The number of ether oxygens (including phenoxy) is 1. The fraction of sp³-hybridized carbons (Fsp3) is 0.132. The van der Waals surface area contributed by atoms with Gasteiger partial charge in [-0.05, 0) is 61.5 Å². The highest BCUT2D eigenvalue weighted by molar-refractivity contribution is 6.19. The zero-order valence-corrected chi connectivity index (χ0v) is 22.7. The van der Waals surface area contributed by atoms with Crippen LogP contribution >= 0.6 is 0 Å². The van der Waals surface area contributed by atoms with Gasteiger partial charge in [-0.15, -0.1) is 0 Å². The fourth-order valence-electron chi connectivity index (χ4n) is 7.12. The number of nitrogens with zero attached hydrogens (tertiary/aromatic N) is 1. The summed E-state index contributed by atoms with van der Waals surface area (Å²) in [5, 5.41) is 6.96. The Morgan fingerprint density at radius 1 is 0.675 bits per heavy atom. The van der Waals surface area contributed by atoms with Crippen molar-refractivity contribution in [3.8, 4) is 16.9 Å². The molecule has 8 rings (SSSR count). The number of hydrogen-bond acceptors (Lipinski definition) is 2. The Morgan fingerprint density at radius 2 is 1.38 bits per heavy atom. The Labute approximate surface area is 234 Å². The Morgan fingerprint density at radius 3 is 2.27 bits per heavy atom. The van der Waals surface area contributed by atoms with Crippen LogP contribution in [0.25, 0.3) is 49.0 Å². The molecule has 2 aliphatic rings. The predicted octanol–water partition coefficient (Wildman–Crippen LogP) is 9.87. The van der Waals surface area contributed by atoms with Crippen LogP contribution in [0.3, 0.4) is 0 Å². The Kier molecular flexibility index (Phi) is 5.03. The van der Waals surface area contributed by atoms with Gasteiger partial charge in [-0.1, -0.05) is 111 Å². The quantitative estimate of drug-likeness (QED) is 0.219. The zero-order chi connectivity index (χ0) is 26.8. The number of pyridine rings is 1. The van der Waals surface area contributed by atoms with Crippen molar-refractivity contribution in [1.82, 2.24) is 4.98 Å². The third kappa shape index (κ3) is 3.32. The van der Waals surface area contributed by atoms with Crippen molar-refractivity contribution in [2.45, 2.75) is 25.7 Å². The molecule has 0 amide bonds. The molecule has 1 atom stereocenters. The second-order valence-corrected chi connectivity index (χ2v) is 11.6. The van der Waals surface area contributed by atoms with Crippen LogP contribution in [0.1, 0.15) is 31.4 Å². The summed E-state index contributed by atoms with van der Waals surface area (Å²) in [5.41, 5.74) is 6.72. The molecule has 0 N–H and O–H groups in total. The van der Waals surface area contributed by atoms with E-state index in [0.717, 1.165) is 34.1 Å². The van der Waals surface area contributed by atoms with Crippen molar-refractivity contribution < 1.29 is 4.74 Å². The summed E-state index contributed by atoms with van der Waals surface area (Å²) in [6.07, 6.45) is 9.22. The lowest BCUT2D eigenvalue weighted by Crippen LogP contribution is -2.25. The van der Waals surface area contributed by atoms with Gasteiger partial charge in [0, 0.05) is 40.9 Å². The van der Waals surface area contributed by atoms with Crippen LogP contribution in [0.5, 0.6) is 5.75 Å². The van der Waals surface area contributed by atoms with Crippen LogP contribution in [-0.4, -0.2) is 4.98 Å². The minimum Gasteiger partial charge on any atom is -0.460 e. The van der Waals surface area contributed by atoms with Gasteiger partial charge >= 0.3 is 0 Å². The highest BCUT2D eigenvalue weighted by atomic mass is 16.5. The fourth-order valence-corrected chi connectivity index (χ4v) is 7.12. The van der Waals surface area contributed by atoms with Crippen molar-refractivity contribution in [3.63, 3.8) is 0 Å². The number of allylic oxidation sites excluding steroid dienone is 4. The third-order valence-electron chi connectivity index (χ3n) is 9.10. The summed E-state index contributed by atoms with van der Waals surface area (Å²) in [6.45, 7) is 4.74. The SMILES string of the molecule is CC1(C)c2ccccc2C2=CC=C(Oc3c4ccccc4c(-c4cccc5ccccc45)c4cnccc34)CC21. The Balaban J connectivity index is 1.32. The van der Waals surface area contributed by atoms with E-state index in [1.165, 1.54) is 44.0 Å². The third-order valence-corrected chi connectivity index (χ3v) is 9.10. The highest BCUT2D eigenvalue weighted by Gasteiger charge is 2.44. The molecule has 0 fully saturated rings. The van der Waals surface area contributed by atoms with E-state index in [2.05, 4.69) is 128 Å². The van der Waals surface area contributed by atoms with Gasteiger partial charge in [0.15, 0.2) is 0 Å². The second kappa shape index (κ2) is 8.66. The lowest BCUT2D eigenvalue weighted by molar-refractivity contribution is 0.336. The summed E-state index contributed by atoms with van der Waals surface area (Å²) in [4.78, 5) is 4.58. The van der Waals surface area contributed by atoms with Crippen molar-refractivity contribution >= 4 is 37.9 Å². The van der Waals surface area contributed by atoms with Crippen LogP contribution in [0.4, 0.5) is 0 Å². The first-order chi connectivity index (χ1) is 19.6. The first-order valence-electron chi connectivity index (χ1n) is 14.1. The number of hydrogen-bond donors (Lipinski definition) is 0. The minimum atomic E-state index is 0.0532. The second-order valence-electron chi connectivity index (χ2n) is 11.6. The molecule has 0 spiro atoms. The van der Waals surface area contributed by atoms with E-state index in [-0.39, 0.29) is 5.41 Å². The summed E-state index contributed by atoms with van der Waals surface area (Å²) in [5.74, 6) is 2.31. The molecule has 2 nitrogen and oxygen atoms in total. The summed E-state index contributed by atoms with van der Waals surface area (Å²) in [7, 11) is 0.